The van der Waals surface area contributed by atoms with Crippen LogP contribution in [0, 0.1) is 0 Å². The summed E-state index contributed by atoms with van der Waals surface area (Å²) in [6.45, 7) is 0. The average Bonchev–Trinajstić information content (AvgIpc) is 2.17. The number of carbonyl (C=O) groups excluding carboxylic acids is 1. The molecular formula is C9H9ClO4S. The molecule has 0 spiro atoms. The van der Waals surface area contributed by atoms with E-state index in [-0.39, 0.29) is 11.3 Å². The molecule has 15 heavy (non-hydrogen) atoms. The fourth-order valence-electron chi connectivity index (χ4n) is 1.12. The summed E-state index contributed by atoms with van der Waals surface area (Å²) >= 11 is 0. The third-order valence-corrected chi connectivity index (χ3v) is 3.22. The first kappa shape index (κ1) is 12.0. The Morgan fingerprint density at radius 2 is 2.00 bits per heavy atom. The number of methoxy groups -OCH3 is 1. The van der Waals surface area contributed by atoms with Crippen molar-refractivity contribution in [3.05, 3.63) is 29.8 Å². The Labute approximate surface area is 92.2 Å². The summed E-state index contributed by atoms with van der Waals surface area (Å²) in [4.78, 5) is 10.9. The van der Waals surface area contributed by atoms with E-state index < -0.39 is 15.0 Å². The van der Waals surface area contributed by atoms with Crippen molar-refractivity contribution in [2.75, 3.05) is 7.11 Å². The van der Waals surface area contributed by atoms with Gasteiger partial charge in [0.1, 0.15) is 0 Å². The molecule has 0 bridgehead atoms. The van der Waals surface area contributed by atoms with E-state index in [1.165, 1.54) is 25.3 Å². The van der Waals surface area contributed by atoms with Crippen LogP contribution in [0.4, 0.5) is 0 Å². The van der Waals surface area contributed by atoms with Crippen LogP contribution >= 0.6 is 10.7 Å². The van der Waals surface area contributed by atoms with Crippen molar-refractivity contribution in [1.82, 2.24) is 0 Å². The van der Waals surface area contributed by atoms with Gasteiger partial charge in [-0.05, 0) is 11.6 Å². The highest BCUT2D eigenvalue weighted by atomic mass is 35.7. The molecule has 0 saturated heterocycles. The van der Waals surface area contributed by atoms with Crippen molar-refractivity contribution < 1.29 is 17.9 Å². The quantitative estimate of drug-likeness (QED) is 0.598. The average molecular weight is 249 g/mol. The largest absolute Gasteiger partial charge is 0.469 e. The first-order valence-electron chi connectivity index (χ1n) is 4.04. The van der Waals surface area contributed by atoms with E-state index >= 15 is 0 Å². The van der Waals surface area contributed by atoms with Crippen molar-refractivity contribution >= 4 is 25.7 Å². The Morgan fingerprint density at radius 1 is 1.40 bits per heavy atom. The first-order chi connectivity index (χ1) is 6.95. The van der Waals surface area contributed by atoms with Crippen LogP contribution in [0.3, 0.4) is 0 Å². The maximum Gasteiger partial charge on any atom is 0.310 e. The van der Waals surface area contributed by atoms with Gasteiger partial charge >= 0.3 is 5.97 Å². The number of hydrogen-bond donors (Lipinski definition) is 0. The second-order valence-corrected chi connectivity index (χ2v) is 5.33. The van der Waals surface area contributed by atoms with E-state index in [9.17, 15) is 13.2 Å². The Morgan fingerprint density at radius 3 is 2.53 bits per heavy atom. The Balaban J connectivity index is 3.13. The summed E-state index contributed by atoms with van der Waals surface area (Å²) in [5, 5.41) is 0. The summed E-state index contributed by atoms with van der Waals surface area (Å²) in [6, 6.07) is 6.03. The van der Waals surface area contributed by atoms with Gasteiger partial charge in [-0.3, -0.25) is 4.79 Å². The van der Waals surface area contributed by atoms with Crippen molar-refractivity contribution in [3.63, 3.8) is 0 Å². The van der Waals surface area contributed by atoms with Crippen LogP contribution in [0.1, 0.15) is 5.56 Å². The molecule has 1 rings (SSSR count). The second kappa shape index (κ2) is 4.63. The molecular weight excluding hydrogens is 240 g/mol. The lowest BCUT2D eigenvalue weighted by Gasteiger charge is -2.04. The van der Waals surface area contributed by atoms with Gasteiger partial charge < -0.3 is 4.74 Å². The monoisotopic (exact) mass is 248 g/mol. The van der Waals surface area contributed by atoms with Crippen LogP contribution in [-0.4, -0.2) is 21.5 Å². The van der Waals surface area contributed by atoms with Crippen LogP contribution in [0.15, 0.2) is 29.2 Å². The Hall–Kier alpha value is -1.07. The third-order valence-electron chi connectivity index (χ3n) is 1.80. The number of esters is 1. The zero-order chi connectivity index (χ0) is 11.5. The summed E-state index contributed by atoms with van der Waals surface area (Å²) in [6.07, 6.45) is -0.112. The molecule has 0 unspecified atom stereocenters. The van der Waals surface area contributed by atoms with Gasteiger partial charge in [0, 0.05) is 10.7 Å². The molecule has 0 atom stereocenters. The van der Waals surface area contributed by atoms with Gasteiger partial charge in [-0.1, -0.05) is 18.2 Å². The maximum absolute atomic E-state index is 11.1. The summed E-state index contributed by atoms with van der Waals surface area (Å²) in [7, 11) is 2.62. The van der Waals surface area contributed by atoms with E-state index in [0.717, 1.165) is 0 Å². The lowest BCUT2D eigenvalue weighted by molar-refractivity contribution is -0.139. The third kappa shape index (κ3) is 3.21. The van der Waals surface area contributed by atoms with Gasteiger partial charge in [0.25, 0.3) is 9.05 Å². The number of halogens is 1. The fourth-order valence-corrected chi connectivity index (χ4v) is 2.26. The Kier molecular flexibility index (Phi) is 3.71. The van der Waals surface area contributed by atoms with E-state index in [4.69, 9.17) is 10.7 Å². The number of rotatable bonds is 3. The normalized spacial score (nSPS) is 11.1. The molecule has 0 radical (unpaired) electrons. The highest BCUT2D eigenvalue weighted by Gasteiger charge is 2.16. The molecule has 0 saturated carbocycles. The van der Waals surface area contributed by atoms with Gasteiger partial charge in [-0.15, -0.1) is 0 Å². The highest BCUT2D eigenvalue weighted by Crippen LogP contribution is 2.20. The number of ether oxygens (including phenoxy) is 1. The van der Waals surface area contributed by atoms with Crippen LogP contribution in [-0.2, 0) is 25.0 Å². The van der Waals surface area contributed by atoms with Gasteiger partial charge in [-0.25, -0.2) is 8.42 Å². The zero-order valence-electron chi connectivity index (χ0n) is 7.94. The molecule has 0 heterocycles. The van der Waals surface area contributed by atoms with Crippen molar-refractivity contribution in [3.8, 4) is 0 Å². The SMILES string of the molecule is COC(=O)Cc1ccccc1S(=O)(=O)Cl. The van der Waals surface area contributed by atoms with E-state index in [0.29, 0.717) is 5.56 Å². The van der Waals surface area contributed by atoms with Crippen LogP contribution in [0.2, 0.25) is 0 Å². The van der Waals surface area contributed by atoms with Crippen molar-refractivity contribution in [2.45, 2.75) is 11.3 Å². The Bertz CT molecular complexity index is 467. The molecule has 82 valence electrons. The molecule has 4 nitrogen and oxygen atoms in total. The molecule has 0 aromatic heterocycles. The zero-order valence-corrected chi connectivity index (χ0v) is 9.51. The molecule has 0 aliphatic carbocycles. The molecule has 1 aromatic rings. The molecule has 6 heteroatoms. The van der Waals surface area contributed by atoms with Gasteiger partial charge in [-0.2, -0.15) is 0 Å². The molecule has 1 aromatic carbocycles. The fraction of sp³-hybridized carbons (Fsp3) is 0.222. The lowest BCUT2D eigenvalue weighted by Crippen LogP contribution is -2.07. The second-order valence-electron chi connectivity index (χ2n) is 2.80. The predicted molar refractivity (Wildman–Crippen MR) is 55.2 cm³/mol. The van der Waals surface area contributed by atoms with Crippen LogP contribution < -0.4 is 0 Å². The van der Waals surface area contributed by atoms with Crippen LogP contribution in [0.5, 0.6) is 0 Å². The maximum atomic E-state index is 11.1. The first-order valence-corrected chi connectivity index (χ1v) is 6.35. The van der Waals surface area contributed by atoms with Gasteiger partial charge in [0.2, 0.25) is 0 Å². The molecule has 0 fully saturated rings. The topological polar surface area (TPSA) is 60.4 Å². The molecule has 0 amide bonds. The van der Waals surface area contributed by atoms with E-state index in [1.54, 1.807) is 6.07 Å². The minimum atomic E-state index is -3.82. The highest BCUT2D eigenvalue weighted by molar-refractivity contribution is 8.13. The van der Waals surface area contributed by atoms with E-state index in [2.05, 4.69) is 4.74 Å². The molecule has 0 N–H and O–H groups in total. The standard InChI is InChI=1S/C9H9ClO4S/c1-14-9(11)6-7-4-2-3-5-8(7)15(10,12)13/h2-5H,6H2,1H3. The molecule has 0 aliphatic rings. The predicted octanol–water partition coefficient (Wildman–Crippen LogP) is 1.33. The van der Waals surface area contributed by atoms with Crippen molar-refractivity contribution in [1.29, 1.82) is 0 Å². The number of benzene rings is 1. The van der Waals surface area contributed by atoms with Gasteiger partial charge in [0.15, 0.2) is 0 Å². The van der Waals surface area contributed by atoms with E-state index in [1.807, 2.05) is 0 Å². The lowest BCUT2D eigenvalue weighted by atomic mass is 10.1. The summed E-state index contributed by atoms with van der Waals surface area (Å²) in [5.41, 5.74) is 0.333. The summed E-state index contributed by atoms with van der Waals surface area (Å²) < 4.78 is 26.7. The van der Waals surface area contributed by atoms with Crippen molar-refractivity contribution in [2.24, 2.45) is 0 Å². The number of hydrogen-bond acceptors (Lipinski definition) is 4. The summed E-state index contributed by atoms with van der Waals surface area (Å²) in [5.74, 6) is -0.511. The molecule has 0 aliphatic heterocycles. The smallest absolute Gasteiger partial charge is 0.310 e. The minimum Gasteiger partial charge on any atom is -0.469 e. The minimum absolute atomic E-state index is 0.0583. The number of carbonyl (C=O) groups is 1. The van der Waals surface area contributed by atoms with Crippen LogP contribution in [0.25, 0.3) is 0 Å². The van der Waals surface area contributed by atoms with Gasteiger partial charge in [0.05, 0.1) is 18.4 Å².